The molecule has 0 fully saturated rings. The van der Waals surface area contributed by atoms with E-state index in [2.05, 4.69) is 10.0 Å². The van der Waals surface area contributed by atoms with Gasteiger partial charge in [0.05, 0.1) is 30.8 Å². The third kappa shape index (κ3) is 5.74. The number of anilines is 1. The number of methoxy groups -OCH3 is 2. The van der Waals surface area contributed by atoms with E-state index in [0.717, 1.165) is 0 Å². The lowest BCUT2D eigenvalue weighted by Gasteiger charge is -2.17. The molecule has 0 spiro atoms. The summed E-state index contributed by atoms with van der Waals surface area (Å²) in [6.07, 6.45) is 0. The standard InChI is InChI=1S/C24H23ClN2O6S/c1-15(27-34(30,31)18-10-12-21(32-2)22(14-18)33-3)24(29)26-20-11-9-17(25)13-19(20)23(28)16-7-5-4-6-8-16/h4-15,27H,1-3H3,(H,26,29)/t15-/m0/s1. The van der Waals surface area contributed by atoms with Crippen LogP contribution in [0.3, 0.4) is 0 Å². The molecule has 1 amide bonds. The first-order valence-corrected chi connectivity index (χ1v) is 12.0. The Morgan fingerprint density at radius 1 is 0.912 bits per heavy atom. The molecule has 3 aromatic rings. The van der Waals surface area contributed by atoms with E-state index in [-0.39, 0.29) is 27.7 Å². The molecule has 1 atom stereocenters. The van der Waals surface area contributed by atoms with E-state index in [4.69, 9.17) is 21.1 Å². The summed E-state index contributed by atoms with van der Waals surface area (Å²) in [6, 6.07) is 15.9. The largest absolute Gasteiger partial charge is 0.493 e. The highest BCUT2D eigenvalue weighted by Gasteiger charge is 2.25. The number of rotatable bonds is 9. The summed E-state index contributed by atoms with van der Waals surface area (Å²) in [5.74, 6) is -0.399. The Morgan fingerprint density at radius 2 is 1.59 bits per heavy atom. The van der Waals surface area contributed by atoms with Crippen LogP contribution in [0.1, 0.15) is 22.8 Å². The van der Waals surface area contributed by atoms with Gasteiger partial charge in [0.1, 0.15) is 0 Å². The monoisotopic (exact) mass is 502 g/mol. The number of carbonyl (C=O) groups excluding carboxylic acids is 2. The summed E-state index contributed by atoms with van der Waals surface area (Å²) in [5.41, 5.74) is 0.810. The van der Waals surface area contributed by atoms with Crippen molar-refractivity contribution in [3.63, 3.8) is 0 Å². The van der Waals surface area contributed by atoms with Crippen LogP contribution in [0.5, 0.6) is 11.5 Å². The van der Waals surface area contributed by atoms with Gasteiger partial charge in [0.15, 0.2) is 17.3 Å². The van der Waals surface area contributed by atoms with Gasteiger partial charge in [0, 0.05) is 22.2 Å². The zero-order valence-electron chi connectivity index (χ0n) is 18.7. The lowest BCUT2D eigenvalue weighted by molar-refractivity contribution is -0.117. The lowest BCUT2D eigenvalue weighted by Crippen LogP contribution is -2.41. The number of hydrogen-bond acceptors (Lipinski definition) is 6. The fourth-order valence-electron chi connectivity index (χ4n) is 3.14. The molecule has 178 valence electrons. The van der Waals surface area contributed by atoms with Crippen LogP contribution in [0.4, 0.5) is 5.69 Å². The number of amides is 1. The molecule has 2 N–H and O–H groups in total. The molecule has 0 aliphatic carbocycles. The summed E-state index contributed by atoms with van der Waals surface area (Å²) in [5, 5.41) is 2.93. The van der Waals surface area contributed by atoms with Crippen molar-refractivity contribution < 1.29 is 27.5 Å². The van der Waals surface area contributed by atoms with Crippen molar-refractivity contribution in [1.82, 2.24) is 4.72 Å². The van der Waals surface area contributed by atoms with Gasteiger partial charge in [-0.2, -0.15) is 4.72 Å². The molecule has 0 saturated heterocycles. The number of nitrogens with one attached hydrogen (secondary N) is 2. The Hall–Kier alpha value is -3.40. The zero-order valence-corrected chi connectivity index (χ0v) is 20.2. The maximum atomic E-state index is 13.0. The van der Waals surface area contributed by atoms with Crippen LogP contribution in [0, 0.1) is 0 Å². The second-order valence-electron chi connectivity index (χ2n) is 7.23. The summed E-state index contributed by atoms with van der Waals surface area (Å²) in [6.45, 7) is 1.39. The predicted octanol–water partition coefficient (Wildman–Crippen LogP) is 3.89. The van der Waals surface area contributed by atoms with Crippen molar-refractivity contribution in [1.29, 1.82) is 0 Å². The van der Waals surface area contributed by atoms with Crippen molar-refractivity contribution in [3.05, 3.63) is 82.9 Å². The molecule has 3 rings (SSSR count). The highest BCUT2D eigenvalue weighted by Crippen LogP contribution is 2.29. The zero-order chi connectivity index (χ0) is 24.9. The van der Waals surface area contributed by atoms with Crippen molar-refractivity contribution >= 4 is 39.0 Å². The second-order valence-corrected chi connectivity index (χ2v) is 9.38. The van der Waals surface area contributed by atoms with E-state index in [9.17, 15) is 18.0 Å². The number of benzene rings is 3. The third-order valence-corrected chi connectivity index (χ3v) is 6.68. The Balaban J connectivity index is 1.81. The minimum atomic E-state index is -4.06. The fraction of sp³-hybridized carbons (Fsp3) is 0.167. The van der Waals surface area contributed by atoms with E-state index in [0.29, 0.717) is 16.3 Å². The second kappa shape index (κ2) is 10.7. The number of ether oxygens (including phenoxy) is 2. The molecule has 34 heavy (non-hydrogen) atoms. The van der Waals surface area contributed by atoms with Gasteiger partial charge in [-0.3, -0.25) is 9.59 Å². The van der Waals surface area contributed by atoms with E-state index in [1.54, 1.807) is 30.3 Å². The van der Waals surface area contributed by atoms with Gasteiger partial charge >= 0.3 is 0 Å². The first-order valence-electron chi connectivity index (χ1n) is 10.1. The minimum absolute atomic E-state index is 0.101. The number of hydrogen-bond donors (Lipinski definition) is 2. The molecule has 0 unspecified atom stereocenters. The maximum absolute atomic E-state index is 13.0. The van der Waals surface area contributed by atoms with E-state index < -0.39 is 22.0 Å². The quantitative estimate of drug-likeness (QED) is 0.429. The van der Waals surface area contributed by atoms with Gasteiger partial charge in [-0.05, 0) is 37.3 Å². The Bertz CT molecular complexity index is 1310. The van der Waals surface area contributed by atoms with Gasteiger partial charge in [-0.15, -0.1) is 0 Å². The van der Waals surface area contributed by atoms with Gasteiger partial charge < -0.3 is 14.8 Å². The van der Waals surface area contributed by atoms with Crippen LogP contribution >= 0.6 is 11.6 Å². The summed E-state index contributed by atoms with van der Waals surface area (Å²) < 4.78 is 38.2. The van der Waals surface area contributed by atoms with Crippen LogP contribution < -0.4 is 19.5 Å². The van der Waals surface area contributed by atoms with Gasteiger partial charge in [0.25, 0.3) is 0 Å². The molecular formula is C24H23ClN2O6S. The smallest absolute Gasteiger partial charge is 0.242 e. The topological polar surface area (TPSA) is 111 Å². The van der Waals surface area contributed by atoms with Crippen molar-refractivity contribution in [2.75, 3.05) is 19.5 Å². The van der Waals surface area contributed by atoms with Gasteiger partial charge in [-0.1, -0.05) is 41.9 Å². The van der Waals surface area contributed by atoms with E-state index >= 15 is 0 Å². The summed E-state index contributed by atoms with van der Waals surface area (Å²) >= 11 is 6.07. The highest BCUT2D eigenvalue weighted by atomic mass is 35.5. The van der Waals surface area contributed by atoms with Crippen molar-refractivity contribution in [2.24, 2.45) is 0 Å². The first-order chi connectivity index (χ1) is 16.2. The normalized spacial score (nSPS) is 12.0. The van der Waals surface area contributed by atoms with E-state index in [1.807, 2.05) is 0 Å². The summed E-state index contributed by atoms with van der Waals surface area (Å²) in [4.78, 5) is 25.7. The number of halogens is 1. The Morgan fingerprint density at radius 3 is 2.24 bits per heavy atom. The van der Waals surface area contributed by atoms with Crippen molar-refractivity contribution in [2.45, 2.75) is 17.9 Å². The maximum Gasteiger partial charge on any atom is 0.242 e. The number of sulfonamides is 1. The molecule has 0 saturated carbocycles. The Kier molecular flexibility index (Phi) is 7.93. The third-order valence-electron chi connectivity index (χ3n) is 4.91. The van der Waals surface area contributed by atoms with Crippen LogP contribution in [-0.2, 0) is 14.8 Å². The molecule has 0 aliphatic heterocycles. The highest BCUT2D eigenvalue weighted by molar-refractivity contribution is 7.89. The first kappa shape index (κ1) is 25.2. The van der Waals surface area contributed by atoms with Crippen LogP contribution in [-0.4, -0.2) is 40.4 Å². The van der Waals surface area contributed by atoms with Crippen molar-refractivity contribution in [3.8, 4) is 11.5 Å². The molecule has 0 bridgehead atoms. The van der Waals surface area contributed by atoms with Gasteiger partial charge in [0.2, 0.25) is 15.9 Å². The average molecular weight is 503 g/mol. The Labute approximate surface area is 202 Å². The number of carbonyl (C=O) groups is 2. The van der Waals surface area contributed by atoms with Crippen LogP contribution in [0.25, 0.3) is 0 Å². The predicted molar refractivity (Wildman–Crippen MR) is 129 cm³/mol. The summed E-state index contributed by atoms with van der Waals surface area (Å²) in [7, 11) is -1.24. The fourth-order valence-corrected chi connectivity index (χ4v) is 4.53. The molecule has 8 nitrogen and oxygen atoms in total. The lowest BCUT2D eigenvalue weighted by atomic mass is 10.0. The van der Waals surface area contributed by atoms with Crippen LogP contribution in [0.2, 0.25) is 5.02 Å². The molecule has 0 heterocycles. The average Bonchev–Trinajstić information content (AvgIpc) is 2.84. The SMILES string of the molecule is COc1ccc(S(=O)(=O)N[C@@H](C)C(=O)Nc2ccc(Cl)cc2C(=O)c2ccccc2)cc1OC. The van der Waals surface area contributed by atoms with Gasteiger partial charge in [-0.25, -0.2) is 8.42 Å². The minimum Gasteiger partial charge on any atom is -0.493 e. The molecular weight excluding hydrogens is 480 g/mol. The van der Waals surface area contributed by atoms with E-state index in [1.165, 1.54) is 57.5 Å². The molecule has 0 aliphatic rings. The molecule has 10 heteroatoms. The molecule has 0 aromatic heterocycles. The molecule has 3 aromatic carbocycles. The molecule has 0 radical (unpaired) electrons. The van der Waals surface area contributed by atoms with Crippen LogP contribution in [0.15, 0.2) is 71.6 Å². The number of ketones is 1.